The minimum absolute atomic E-state index is 0.0380. The first-order valence-corrected chi connectivity index (χ1v) is 16.7. The van der Waals surface area contributed by atoms with Gasteiger partial charge in [0, 0.05) is 27.9 Å². The van der Waals surface area contributed by atoms with Crippen molar-refractivity contribution in [3.05, 3.63) is 174 Å². The normalized spacial score (nSPS) is 14.7. The van der Waals surface area contributed by atoms with Crippen molar-refractivity contribution in [2.75, 3.05) is 4.90 Å². The van der Waals surface area contributed by atoms with Gasteiger partial charge in [0.05, 0.1) is 0 Å². The molecule has 1 nitrogen and oxygen atoms in total. The van der Waals surface area contributed by atoms with Crippen molar-refractivity contribution in [2.45, 2.75) is 38.5 Å². The highest BCUT2D eigenvalue weighted by molar-refractivity contribution is 6.04. The number of hydrogen-bond acceptors (Lipinski definition) is 1. The van der Waals surface area contributed by atoms with E-state index in [1.165, 1.54) is 72.1 Å². The predicted molar refractivity (Wildman–Crippen MR) is 199 cm³/mol. The Bertz CT molecular complexity index is 2340. The molecule has 0 saturated heterocycles. The molecule has 0 saturated carbocycles. The summed E-state index contributed by atoms with van der Waals surface area (Å²) in [6.45, 7) is 9.44. The zero-order chi connectivity index (χ0) is 31.9. The van der Waals surface area contributed by atoms with E-state index in [-0.39, 0.29) is 10.8 Å². The van der Waals surface area contributed by atoms with Crippen LogP contribution in [0.15, 0.2) is 152 Å². The highest BCUT2D eigenvalue weighted by Crippen LogP contribution is 2.53. The van der Waals surface area contributed by atoms with Crippen LogP contribution in [0.1, 0.15) is 49.9 Å². The van der Waals surface area contributed by atoms with Crippen molar-refractivity contribution >= 4 is 27.8 Å². The van der Waals surface area contributed by atoms with Crippen molar-refractivity contribution < 1.29 is 0 Å². The van der Waals surface area contributed by atoms with Gasteiger partial charge in [0.1, 0.15) is 0 Å². The highest BCUT2D eigenvalue weighted by atomic mass is 15.1. The zero-order valence-corrected chi connectivity index (χ0v) is 27.4. The quantitative estimate of drug-likeness (QED) is 0.193. The SMILES string of the molecule is CC1(C)c2ccccc2-c2ccc(N(c3ccc(-c4ccccc4)cc3)c3ccc4ccc5c(c4c3)-c3ccccc3C5(C)C)cc21. The van der Waals surface area contributed by atoms with Gasteiger partial charge in [-0.15, -0.1) is 0 Å². The van der Waals surface area contributed by atoms with E-state index in [1.807, 2.05) is 0 Å². The summed E-state index contributed by atoms with van der Waals surface area (Å²) in [6.07, 6.45) is 0. The zero-order valence-electron chi connectivity index (χ0n) is 27.4. The van der Waals surface area contributed by atoms with Gasteiger partial charge < -0.3 is 4.90 Å². The summed E-state index contributed by atoms with van der Waals surface area (Å²) in [6, 6.07) is 56.3. The number of hydrogen-bond donors (Lipinski definition) is 0. The lowest BCUT2D eigenvalue weighted by molar-refractivity contribution is 0.660. The second-order valence-electron chi connectivity index (χ2n) is 14.2. The Morgan fingerprint density at radius 3 is 1.68 bits per heavy atom. The van der Waals surface area contributed by atoms with E-state index >= 15 is 0 Å². The van der Waals surface area contributed by atoms with Crippen LogP contribution >= 0.6 is 0 Å². The molecule has 7 aromatic carbocycles. The Morgan fingerprint density at radius 2 is 0.915 bits per heavy atom. The largest absolute Gasteiger partial charge is 0.310 e. The van der Waals surface area contributed by atoms with Gasteiger partial charge in [-0.05, 0) is 103 Å². The van der Waals surface area contributed by atoms with Crippen molar-refractivity contribution in [2.24, 2.45) is 0 Å². The first-order chi connectivity index (χ1) is 22.8. The standard InChI is InChI=1S/C46H37N/c1-45(2)41-17-11-9-15-38(41)44-39-28-34(24-20-32(39)21-27-42(44)45)47(33-22-18-31(19-23-33)30-12-6-5-7-13-30)35-25-26-37-36-14-8-10-16-40(36)46(3,4)43(37)29-35/h5-29H,1-4H3. The Hall–Kier alpha value is -5.40. The summed E-state index contributed by atoms with van der Waals surface area (Å²) in [5, 5.41) is 2.57. The fraction of sp³-hybridized carbons (Fsp3) is 0.130. The Morgan fingerprint density at radius 1 is 0.383 bits per heavy atom. The smallest absolute Gasteiger partial charge is 0.0468 e. The molecule has 2 aliphatic carbocycles. The van der Waals surface area contributed by atoms with Gasteiger partial charge in [-0.25, -0.2) is 0 Å². The van der Waals surface area contributed by atoms with E-state index in [1.54, 1.807) is 0 Å². The van der Waals surface area contributed by atoms with Gasteiger partial charge in [0.15, 0.2) is 0 Å². The summed E-state index contributed by atoms with van der Waals surface area (Å²) >= 11 is 0. The first kappa shape index (κ1) is 27.9. The molecule has 9 rings (SSSR count). The number of benzene rings is 7. The molecule has 0 aliphatic heterocycles. The molecule has 7 aromatic rings. The van der Waals surface area contributed by atoms with E-state index in [4.69, 9.17) is 0 Å². The Kier molecular flexibility index (Phi) is 5.96. The molecule has 0 N–H and O–H groups in total. The van der Waals surface area contributed by atoms with E-state index in [2.05, 4.69) is 184 Å². The molecule has 0 aromatic heterocycles. The van der Waals surface area contributed by atoms with Crippen LogP contribution in [-0.4, -0.2) is 0 Å². The van der Waals surface area contributed by atoms with Crippen LogP contribution in [0, 0.1) is 0 Å². The molecule has 2 aliphatic rings. The lowest BCUT2D eigenvalue weighted by atomic mass is 9.82. The summed E-state index contributed by atoms with van der Waals surface area (Å²) in [5.74, 6) is 0. The number of rotatable bonds is 4. The molecule has 1 heteroatoms. The molecule has 0 radical (unpaired) electrons. The van der Waals surface area contributed by atoms with Gasteiger partial charge in [-0.1, -0.05) is 143 Å². The maximum absolute atomic E-state index is 2.44. The topological polar surface area (TPSA) is 3.24 Å². The second kappa shape index (κ2) is 10.0. The summed E-state index contributed by atoms with van der Waals surface area (Å²) < 4.78 is 0. The molecular weight excluding hydrogens is 567 g/mol. The molecule has 47 heavy (non-hydrogen) atoms. The number of fused-ring (bicyclic) bond motifs is 8. The highest BCUT2D eigenvalue weighted by Gasteiger charge is 2.37. The average molecular weight is 604 g/mol. The van der Waals surface area contributed by atoms with E-state index in [0.717, 1.165) is 11.4 Å². The molecular formula is C46H37N. The molecule has 226 valence electrons. The number of nitrogens with zero attached hydrogens (tertiary/aromatic N) is 1. The molecule has 0 fully saturated rings. The third-order valence-corrected chi connectivity index (χ3v) is 10.9. The fourth-order valence-corrected chi connectivity index (χ4v) is 8.36. The van der Waals surface area contributed by atoms with Crippen LogP contribution in [0.3, 0.4) is 0 Å². The van der Waals surface area contributed by atoms with E-state index in [9.17, 15) is 0 Å². The minimum atomic E-state index is -0.0791. The monoisotopic (exact) mass is 603 g/mol. The van der Waals surface area contributed by atoms with Crippen LogP contribution in [0.5, 0.6) is 0 Å². The third kappa shape index (κ3) is 4.09. The fourth-order valence-electron chi connectivity index (χ4n) is 8.36. The van der Waals surface area contributed by atoms with Crippen LogP contribution < -0.4 is 4.90 Å². The average Bonchev–Trinajstić information content (AvgIpc) is 3.49. The lowest BCUT2D eigenvalue weighted by Gasteiger charge is -2.29. The Labute approximate surface area is 277 Å². The van der Waals surface area contributed by atoms with Crippen LogP contribution in [-0.2, 0) is 10.8 Å². The van der Waals surface area contributed by atoms with Crippen molar-refractivity contribution in [3.63, 3.8) is 0 Å². The summed E-state index contributed by atoms with van der Waals surface area (Å²) in [7, 11) is 0. The Balaban J connectivity index is 1.25. The van der Waals surface area contributed by atoms with Crippen LogP contribution in [0.2, 0.25) is 0 Å². The first-order valence-electron chi connectivity index (χ1n) is 16.7. The van der Waals surface area contributed by atoms with Gasteiger partial charge in [0.2, 0.25) is 0 Å². The van der Waals surface area contributed by atoms with Crippen LogP contribution in [0.25, 0.3) is 44.2 Å². The molecule has 0 bridgehead atoms. The molecule has 0 amide bonds. The second-order valence-corrected chi connectivity index (χ2v) is 14.2. The summed E-state index contributed by atoms with van der Waals surface area (Å²) in [5.41, 5.74) is 16.8. The maximum atomic E-state index is 2.44. The number of anilines is 3. The van der Waals surface area contributed by atoms with Gasteiger partial charge in [-0.2, -0.15) is 0 Å². The lowest BCUT2D eigenvalue weighted by Crippen LogP contribution is -2.16. The molecule has 0 unspecified atom stereocenters. The molecule has 0 heterocycles. The molecule has 0 atom stereocenters. The maximum Gasteiger partial charge on any atom is 0.0468 e. The van der Waals surface area contributed by atoms with Gasteiger partial charge >= 0.3 is 0 Å². The van der Waals surface area contributed by atoms with Crippen molar-refractivity contribution in [3.8, 4) is 33.4 Å². The van der Waals surface area contributed by atoms with Crippen molar-refractivity contribution in [1.82, 2.24) is 0 Å². The van der Waals surface area contributed by atoms with Gasteiger partial charge in [0.25, 0.3) is 0 Å². The van der Waals surface area contributed by atoms with Gasteiger partial charge in [-0.3, -0.25) is 0 Å². The van der Waals surface area contributed by atoms with Crippen molar-refractivity contribution in [1.29, 1.82) is 0 Å². The molecule has 0 spiro atoms. The third-order valence-electron chi connectivity index (χ3n) is 10.9. The predicted octanol–water partition coefficient (Wildman–Crippen LogP) is 12.6. The van der Waals surface area contributed by atoms with E-state index in [0.29, 0.717) is 0 Å². The summed E-state index contributed by atoms with van der Waals surface area (Å²) in [4.78, 5) is 2.44. The van der Waals surface area contributed by atoms with E-state index < -0.39 is 0 Å². The minimum Gasteiger partial charge on any atom is -0.310 e. The van der Waals surface area contributed by atoms with Crippen LogP contribution in [0.4, 0.5) is 17.1 Å².